The summed E-state index contributed by atoms with van der Waals surface area (Å²) < 4.78 is 3.34. The number of aryl methyl sites for hydroxylation is 3. The molecule has 0 saturated carbocycles. The fourth-order valence-corrected chi connectivity index (χ4v) is 2.55. The highest BCUT2D eigenvalue weighted by atomic mass is 16.1. The molecule has 0 radical (unpaired) electrons. The zero-order chi connectivity index (χ0) is 16.4. The lowest BCUT2D eigenvalue weighted by atomic mass is 10.2. The molecule has 3 rings (SSSR count). The van der Waals surface area contributed by atoms with Crippen molar-refractivity contribution in [2.75, 3.05) is 0 Å². The summed E-state index contributed by atoms with van der Waals surface area (Å²) in [6.45, 7) is 0.560. The Labute approximate surface area is 131 Å². The number of H-pyrrole nitrogens is 1. The molecule has 7 heteroatoms. The van der Waals surface area contributed by atoms with E-state index in [1.165, 1.54) is 6.07 Å². The molecule has 0 aliphatic rings. The van der Waals surface area contributed by atoms with Crippen LogP contribution in [0.1, 0.15) is 17.5 Å². The van der Waals surface area contributed by atoms with Crippen molar-refractivity contribution in [1.29, 1.82) is 5.26 Å². The van der Waals surface area contributed by atoms with Gasteiger partial charge >= 0.3 is 0 Å². The molecule has 0 amide bonds. The first kappa shape index (κ1) is 14.8. The molecule has 3 aromatic heterocycles. The molecule has 0 aromatic carbocycles. The van der Waals surface area contributed by atoms with Crippen LogP contribution in [0.25, 0.3) is 10.9 Å². The molecule has 0 fully saturated rings. The molecular weight excluding hydrogens is 294 g/mol. The molecule has 0 atom stereocenters. The second kappa shape index (κ2) is 5.93. The number of aromatic amines is 1. The predicted molar refractivity (Wildman–Crippen MR) is 85.1 cm³/mol. The van der Waals surface area contributed by atoms with E-state index >= 15 is 0 Å². The fraction of sp³-hybridized carbons (Fsp3) is 0.250. The second-order valence-corrected chi connectivity index (χ2v) is 5.39. The number of nitriles is 1. The Hall–Kier alpha value is -3.14. The van der Waals surface area contributed by atoms with Gasteiger partial charge in [0.05, 0.1) is 17.1 Å². The van der Waals surface area contributed by atoms with Crippen LogP contribution in [0.5, 0.6) is 0 Å². The molecule has 116 valence electrons. The molecule has 0 aliphatic carbocycles. The van der Waals surface area contributed by atoms with Crippen molar-refractivity contribution >= 4 is 10.9 Å². The Morgan fingerprint density at radius 2 is 2.22 bits per heavy atom. The van der Waals surface area contributed by atoms with Gasteiger partial charge in [0, 0.05) is 26.0 Å². The number of hydrogen-bond donors (Lipinski definition) is 1. The van der Waals surface area contributed by atoms with Gasteiger partial charge in [0.15, 0.2) is 0 Å². The number of pyridine rings is 2. The van der Waals surface area contributed by atoms with Crippen LogP contribution in [0.3, 0.4) is 0 Å². The van der Waals surface area contributed by atoms with Gasteiger partial charge in [0.1, 0.15) is 11.6 Å². The van der Waals surface area contributed by atoms with E-state index in [-0.39, 0.29) is 11.1 Å². The molecule has 0 aliphatic heterocycles. The lowest BCUT2D eigenvalue weighted by Gasteiger charge is -2.07. The number of fused-ring (bicyclic) bond motifs is 1. The minimum Gasteiger partial charge on any atom is -0.321 e. The van der Waals surface area contributed by atoms with Crippen LogP contribution in [0.15, 0.2) is 40.3 Å². The molecule has 0 bridgehead atoms. The molecule has 7 nitrogen and oxygen atoms in total. The third-order valence-electron chi connectivity index (χ3n) is 3.73. The summed E-state index contributed by atoms with van der Waals surface area (Å²) in [4.78, 5) is 26.6. The van der Waals surface area contributed by atoms with Crippen LogP contribution in [-0.2, 0) is 20.0 Å². The molecule has 3 aromatic rings. The van der Waals surface area contributed by atoms with E-state index in [2.05, 4.69) is 10.1 Å². The zero-order valence-electron chi connectivity index (χ0n) is 12.6. The minimum absolute atomic E-state index is 0.0530. The lowest BCUT2D eigenvalue weighted by Crippen LogP contribution is -2.22. The van der Waals surface area contributed by atoms with Crippen molar-refractivity contribution in [2.24, 2.45) is 7.05 Å². The fourth-order valence-electron chi connectivity index (χ4n) is 2.55. The smallest absolute Gasteiger partial charge is 0.266 e. The van der Waals surface area contributed by atoms with E-state index in [0.29, 0.717) is 17.4 Å². The van der Waals surface area contributed by atoms with E-state index < -0.39 is 5.56 Å². The highest BCUT2D eigenvalue weighted by Crippen LogP contribution is 2.07. The van der Waals surface area contributed by atoms with Gasteiger partial charge in [-0.2, -0.15) is 10.4 Å². The van der Waals surface area contributed by atoms with E-state index in [0.717, 1.165) is 18.4 Å². The van der Waals surface area contributed by atoms with E-state index in [1.807, 2.05) is 19.4 Å². The molecule has 0 saturated heterocycles. The van der Waals surface area contributed by atoms with Crippen LogP contribution >= 0.6 is 0 Å². The standard InChI is InChI=1S/C16H15N5O2/c1-20-10-11(9-18-20)3-2-5-21-6-4-14-13(16(21)23)7-12(8-17)15(22)19-14/h4,6-7,9-10H,2-3,5H2,1H3,(H,19,22). The summed E-state index contributed by atoms with van der Waals surface area (Å²) in [7, 11) is 1.87. The zero-order valence-corrected chi connectivity index (χ0v) is 12.6. The third kappa shape index (κ3) is 2.92. The Balaban J connectivity index is 1.85. The van der Waals surface area contributed by atoms with Crippen molar-refractivity contribution < 1.29 is 0 Å². The largest absolute Gasteiger partial charge is 0.321 e. The molecule has 3 heterocycles. The topological polar surface area (TPSA) is 96.5 Å². The third-order valence-corrected chi connectivity index (χ3v) is 3.73. The maximum atomic E-state index is 12.5. The number of aromatic nitrogens is 4. The van der Waals surface area contributed by atoms with Crippen molar-refractivity contribution in [2.45, 2.75) is 19.4 Å². The van der Waals surface area contributed by atoms with E-state index in [1.54, 1.807) is 27.6 Å². The van der Waals surface area contributed by atoms with Crippen molar-refractivity contribution in [3.05, 3.63) is 62.6 Å². The first-order valence-electron chi connectivity index (χ1n) is 7.22. The van der Waals surface area contributed by atoms with Crippen LogP contribution in [-0.4, -0.2) is 19.3 Å². The second-order valence-electron chi connectivity index (χ2n) is 5.39. The van der Waals surface area contributed by atoms with E-state index in [9.17, 15) is 9.59 Å². The summed E-state index contributed by atoms with van der Waals surface area (Å²) in [5, 5.41) is 13.4. The Morgan fingerprint density at radius 3 is 2.91 bits per heavy atom. The predicted octanol–water partition coefficient (Wildman–Crippen LogP) is 0.928. The van der Waals surface area contributed by atoms with Gasteiger partial charge in [0.2, 0.25) is 0 Å². The highest BCUT2D eigenvalue weighted by molar-refractivity contribution is 5.78. The van der Waals surface area contributed by atoms with Crippen molar-refractivity contribution in [1.82, 2.24) is 19.3 Å². The SMILES string of the molecule is Cn1cc(CCCn2ccc3[nH]c(=O)c(C#N)cc3c2=O)cn1. The molecule has 1 N–H and O–H groups in total. The number of rotatable bonds is 4. The summed E-state index contributed by atoms with van der Waals surface area (Å²) in [6.07, 6.45) is 7.05. The van der Waals surface area contributed by atoms with Crippen LogP contribution in [0, 0.1) is 11.3 Å². The van der Waals surface area contributed by atoms with Crippen LogP contribution in [0.2, 0.25) is 0 Å². The number of nitrogens with one attached hydrogen (secondary N) is 1. The Bertz CT molecular complexity index is 1020. The van der Waals surface area contributed by atoms with Gasteiger partial charge in [-0.3, -0.25) is 14.3 Å². The first-order chi connectivity index (χ1) is 11.1. The normalized spacial score (nSPS) is 10.8. The van der Waals surface area contributed by atoms with Gasteiger partial charge in [0.25, 0.3) is 11.1 Å². The molecule has 23 heavy (non-hydrogen) atoms. The summed E-state index contributed by atoms with van der Waals surface area (Å²) in [6, 6.07) is 4.84. The quantitative estimate of drug-likeness (QED) is 0.775. The van der Waals surface area contributed by atoms with Gasteiger partial charge < -0.3 is 9.55 Å². The Morgan fingerprint density at radius 1 is 1.39 bits per heavy atom. The minimum atomic E-state index is -0.478. The van der Waals surface area contributed by atoms with Gasteiger partial charge in [-0.25, -0.2) is 0 Å². The molecule has 0 spiro atoms. The lowest BCUT2D eigenvalue weighted by molar-refractivity contribution is 0.626. The van der Waals surface area contributed by atoms with Gasteiger partial charge in [-0.15, -0.1) is 0 Å². The molecule has 0 unspecified atom stereocenters. The maximum Gasteiger partial charge on any atom is 0.266 e. The molecular formula is C16H15N5O2. The average molecular weight is 309 g/mol. The highest BCUT2D eigenvalue weighted by Gasteiger charge is 2.07. The summed E-state index contributed by atoms with van der Waals surface area (Å²) in [5.74, 6) is 0. The summed E-state index contributed by atoms with van der Waals surface area (Å²) in [5.41, 5.74) is 0.831. The monoisotopic (exact) mass is 309 g/mol. The number of nitrogens with zero attached hydrogens (tertiary/aromatic N) is 4. The van der Waals surface area contributed by atoms with Crippen molar-refractivity contribution in [3.63, 3.8) is 0 Å². The number of hydrogen-bond acceptors (Lipinski definition) is 4. The van der Waals surface area contributed by atoms with Crippen LogP contribution < -0.4 is 11.1 Å². The van der Waals surface area contributed by atoms with Gasteiger partial charge in [-0.1, -0.05) is 0 Å². The van der Waals surface area contributed by atoms with Crippen molar-refractivity contribution in [3.8, 4) is 6.07 Å². The van der Waals surface area contributed by atoms with E-state index in [4.69, 9.17) is 5.26 Å². The van der Waals surface area contributed by atoms with Gasteiger partial charge in [-0.05, 0) is 30.5 Å². The first-order valence-corrected chi connectivity index (χ1v) is 7.22. The van der Waals surface area contributed by atoms with Crippen LogP contribution in [0.4, 0.5) is 0 Å². The Kier molecular flexibility index (Phi) is 3.81. The average Bonchev–Trinajstić information content (AvgIpc) is 2.95. The summed E-state index contributed by atoms with van der Waals surface area (Å²) >= 11 is 0. The maximum absolute atomic E-state index is 12.5.